The zero-order valence-corrected chi connectivity index (χ0v) is 14.0. The number of fused-ring (bicyclic) bond motifs is 1. The summed E-state index contributed by atoms with van der Waals surface area (Å²) >= 11 is 9.76. The van der Waals surface area contributed by atoms with Gasteiger partial charge in [-0.15, -0.1) is 0 Å². The van der Waals surface area contributed by atoms with E-state index in [0.29, 0.717) is 10.8 Å². The molecule has 0 aliphatic rings. The van der Waals surface area contributed by atoms with E-state index in [-0.39, 0.29) is 0 Å². The second kappa shape index (κ2) is 5.62. The zero-order valence-electron chi connectivity index (χ0n) is 11.6. The molecule has 5 heteroatoms. The third kappa shape index (κ3) is 2.61. The minimum atomic E-state index is 0.618. The molecule has 21 heavy (non-hydrogen) atoms. The first-order valence-corrected chi connectivity index (χ1v) is 7.68. The molecule has 1 N–H and O–H groups in total. The van der Waals surface area contributed by atoms with Crippen molar-refractivity contribution in [2.24, 2.45) is 0 Å². The number of nitrogens with zero attached hydrogens (tertiary/aromatic N) is 2. The third-order valence-electron chi connectivity index (χ3n) is 3.33. The van der Waals surface area contributed by atoms with Crippen LogP contribution in [0.5, 0.6) is 0 Å². The van der Waals surface area contributed by atoms with Crippen molar-refractivity contribution < 1.29 is 0 Å². The monoisotopic (exact) mass is 361 g/mol. The van der Waals surface area contributed by atoms with Crippen molar-refractivity contribution in [2.75, 3.05) is 12.4 Å². The highest BCUT2D eigenvalue weighted by atomic mass is 79.9. The molecule has 0 aliphatic heterocycles. The van der Waals surface area contributed by atoms with E-state index in [0.717, 1.165) is 32.3 Å². The number of benzene rings is 2. The summed E-state index contributed by atoms with van der Waals surface area (Å²) in [6, 6.07) is 11.7. The van der Waals surface area contributed by atoms with Gasteiger partial charge >= 0.3 is 0 Å². The quantitative estimate of drug-likeness (QED) is 0.692. The van der Waals surface area contributed by atoms with Crippen molar-refractivity contribution in [2.45, 2.75) is 6.92 Å². The molecule has 0 radical (unpaired) electrons. The summed E-state index contributed by atoms with van der Waals surface area (Å²) in [5.41, 5.74) is 2.86. The smallest absolute Gasteiger partial charge is 0.163 e. The Hall–Kier alpha value is -1.65. The Kier molecular flexibility index (Phi) is 3.83. The van der Waals surface area contributed by atoms with Crippen LogP contribution < -0.4 is 5.32 Å². The van der Waals surface area contributed by atoms with E-state index in [2.05, 4.69) is 26.2 Å². The van der Waals surface area contributed by atoms with Gasteiger partial charge in [-0.2, -0.15) is 0 Å². The standard InChI is InChI=1S/C16H13BrClN3/c1-9-4-3-5-11-14(9)20-16(21-15(11)19-2)12-8-10(17)6-7-13(12)18/h3-8H,1-2H3,(H,19,20,21). The van der Waals surface area contributed by atoms with Crippen molar-refractivity contribution in [3.63, 3.8) is 0 Å². The molecule has 3 rings (SSSR count). The fourth-order valence-electron chi connectivity index (χ4n) is 2.28. The molecule has 1 heterocycles. The summed E-state index contributed by atoms with van der Waals surface area (Å²) in [7, 11) is 1.86. The van der Waals surface area contributed by atoms with Crippen LogP contribution in [0.4, 0.5) is 5.82 Å². The topological polar surface area (TPSA) is 37.8 Å². The average molecular weight is 363 g/mol. The third-order valence-corrected chi connectivity index (χ3v) is 4.16. The van der Waals surface area contributed by atoms with Gasteiger partial charge in [0.1, 0.15) is 5.82 Å². The van der Waals surface area contributed by atoms with E-state index in [1.54, 1.807) is 0 Å². The highest BCUT2D eigenvalue weighted by molar-refractivity contribution is 9.10. The Morgan fingerprint density at radius 1 is 1.14 bits per heavy atom. The Balaban J connectivity index is 2.33. The summed E-state index contributed by atoms with van der Waals surface area (Å²) in [6.07, 6.45) is 0. The minimum Gasteiger partial charge on any atom is -0.373 e. The largest absolute Gasteiger partial charge is 0.373 e. The molecule has 0 fully saturated rings. The second-order valence-corrected chi connectivity index (χ2v) is 6.06. The minimum absolute atomic E-state index is 0.618. The van der Waals surface area contributed by atoms with Crippen LogP contribution in [0, 0.1) is 6.92 Å². The molecule has 0 amide bonds. The maximum absolute atomic E-state index is 6.30. The summed E-state index contributed by atoms with van der Waals surface area (Å²) in [6.45, 7) is 2.04. The summed E-state index contributed by atoms with van der Waals surface area (Å²) < 4.78 is 0.946. The van der Waals surface area contributed by atoms with Crippen LogP contribution in [0.1, 0.15) is 5.56 Å². The molecule has 0 unspecified atom stereocenters. The Bertz CT molecular complexity index is 833. The van der Waals surface area contributed by atoms with E-state index in [1.165, 1.54) is 0 Å². The van der Waals surface area contributed by atoms with Gasteiger partial charge in [-0.1, -0.05) is 39.7 Å². The molecular formula is C16H13BrClN3. The molecule has 0 spiro atoms. The Labute approximate surface area is 136 Å². The maximum atomic E-state index is 6.30. The van der Waals surface area contributed by atoms with Crippen LogP contribution in [-0.2, 0) is 0 Å². The number of para-hydroxylation sites is 1. The van der Waals surface area contributed by atoms with Crippen LogP contribution in [0.2, 0.25) is 5.02 Å². The molecule has 0 saturated heterocycles. The number of halogens is 2. The van der Waals surface area contributed by atoms with Gasteiger partial charge in [0.25, 0.3) is 0 Å². The van der Waals surface area contributed by atoms with Crippen molar-refractivity contribution in [1.82, 2.24) is 9.97 Å². The number of aromatic nitrogens is 2. The van der Waals surface area contributed by atoms with Gasteiger partial charge in [0.15, 0.2) is 5.82 Å². The van der Waals surface area contributed by atoms with Crippen molar-refractivity contribution in [3.8, 4) is 11.4 Å². The molecule has 0 saturated carbocycles. The lowest BCUT2D eigenvalue weighted by atomic mass is 10.1. The highest BCUT2D eigenvalue weighted by Gasteiger charge is 2.12. The molecule has 3 aromatic rings. The number of hydrogen-bond donors (Lipinski definition) is 1. The average Bonchev–Trinajstić information content (AvgIpc) is 2.49. The second-order valence-electron chi connectivity index (χ2n) is 4.74. The molecule has 106 valence electrons. The number of hydrogen-bond acceptors (Lipinski definition) is 3. The van der Waals surface area contributed by atoms with Crippen LogP contribution in [0.15, 0.2) is 40.9 Å². The normalized spacial score (nSPS) is 10.9. The predicted molar refractivity (Wildman–Crippen MR) is 92.0 cm³/mol. The lowest BCUT2D eigenvalue weighted by molar-refractivity contribution is 1.20. The first-order valence-electron chi connectivity index (χ1n) is 6.50. The fraction of sp³-hybridized carbons (Fsp3) is 0.125. The SMILES string of the molecule is CNc1nc(-c2cc(Br)ccc2Cl)nc2c(C)cccc12. The number of anilines is 1. The molecule has 2 aromatic carbocycles. The van der Waals surface area contributed by atoms with Gasteiger partial charge in [0, 0.05) is 22.5 Å². The van der Waals surface area contributed by atoms with Gasteiger partial charge < -0.3 is 5.32 Å². The summed E-state index contributed by atoms with van der Waals surface area (Å²) in [5.74, 6) is 1.42. The lowest BCUT2D eigenvalue weighted by Gasteiger charge is -2.11. The van der Waals surface area contributed by atoms with Crippen LogP contribution in [0.3, 0.4) is 0 Å². The Morgan fingerprint density at radius 2 is 1.95 bits per heavy atom. The molecule has 0 bridgehead atoms. The van der Waals surface area contributed by atoms with Gasteiger partial charge in [-0.25, -0.2) is 9.97 Å². The summed E-state index contributed by atoms with van der Waals surface area (Å²) in [4.78, 5) is 9.30. The van der Waals surface area contributed by atoms with Gasteiger partial charge in [0.2, 0.25) is 0 Å². The van der Waals surface area contributed by atoms with E-state index in [4.69, 9.17) is 16.6 Å². The van der Waals surface area contributed by atoms with Gasteiger partial charge in [-0.05, 0) is 36.8 Å². The number of rotatable bonds is 2. The number of aryl methyl sites for hydroxylation is 1. The summed E-state index contributed by atoms with van der Waals surface area (Å²) in [5, 5.41) is 4.77. The van der Waals surface area contributed by atoms with E-state index >= 15 is 0 Å². The van der Waals surface area contributed by atoms with Crippen molar-refractivity contribution in [3.05, 3.63) is 51.5 Å². The molecular weight excluding hydrogens is 350 g/mol. The Morgan fingerprint density at radius 3 is 2.71 bits per heavy atom. The molecule has 1 aromatic heterocycles. The van der Waals surface area contributed by atoms with Crippen molar-refractivity contribution in [1.29, 1.82) is 0 Å². The zero-order chi connectivity index (χ0) is 15.0. The molecule has 0 atom stereocenters. The fourth-order valence-corrected chi connectivity index (χ4v) is 2.84. The van der Waals surface area contributed by atoms with Gasteiger partial charge in [-0.3, -0.25) is 0 Å². The number of nitrogens with one attached hydrogen (secondary N) is 1. The predicted octanol–water partition coefficient (Wildman–Crippen LogP) is 5.06. The first kappa shape index (κ1) is 14.3. The highest BCUT2D eigenvalue weighted by Crippen LogP contribution is 2.32. The van der Waals surface area contributed by atoms with E-state index in [1.807, 2.05) is 50.4 Å². The maximum Gasteiger partial charge on any atom is 0.163 e. The van der Waals surface area contributed by atoms with Crippen LogP contribution in [-0.4, -0.2) is 17.0 Å². The first-order chi connectivity index (χ1) is 10.1. The van der Waals surface area contributed by atoms with Crippen LogP contribution >= 0.6 is 27.5 Å². The molecule has 3 nitrogen and oxygen atoms in total. The van der Waals surface area contributed by atoms with Crippen molar-refractivity contribution >= 4 is 44.3 Å². The lowest BCUT2D eigenvalue weighted by Crippen LogP contribution is -2.00. The van der Waals surface area contributed by atoms with E-state index in [9.17, 15) is 0 Å². The van der Waals surface area contributed by atoms with Gasteiger partial charge in [0.05, 0.1) is 10.5 Å². The van der Waals surface area contributed by atoms with Crippen LogP contribution in [0.25, 0.3) is 22.3 Å². The van der Waals surface area contributed by atoms with E-state index < -0.39 is 0 Å². The molecule has 0 aliphatic carbocycles.